The Labute approximate surface area is 95.8 Å². The van der Waals surface area contributed by atoms with Gasteiger partial charge in [0.05, 0.1) is 5.69 Å². The normalized spacial score (nSPS) is 12.5. The summed E-state index contributed by atoms with van der Waals surface area (Å²) in [5, 5.41) is 0. The second-order valence-corrected chi connectivity index (χ2v) is 4.06. The van der Waals surface area contributed by atoms with Crippen LogP contribution in [0.4, 0.5) is 10.1 Å². The van der Waals surface area contributed by atoms with E-state index < -0.39 is 0 Å². The van der Waals surface area contributed by atoms with Crippen LogP contribution in [-0.2, 0) is 0 Å². The summed E-state index contributed by atoms with van der Waals surface area (Å²) in [5.41, 5.74) is 0.664. The van der Waals surface area contributed by atoms with Gasteiger partial charge in [-0.2, -0.15) is 0 Å². The SMILES string of the molecule is CCN(CC(C)CCl)c1ccccc1F. The number of hydrogen-bond donors (Lipinski definition) is 0. The lowest BCUT2D eigenvalue weighted by atomic mass is 10.2. The fraction of sp³-hybridized carbons (Fsp3) is 0.500. The van der Waals surface area contributed by atoms with Crippen molar-refractivity contribution < 1.29 is 4.39 Å². The zero-order chi connectivity index (χ0) is 11.3. The maximum Gasteiger partial charge on any atom is 0.146 e. The first-order valence-electron chi connectivity index (χ1n) is 5.24. The van der Waals surface area contributed by atoms with Crippen molar-refractivity contribution >= 4 is 17.3 Å². The highest BCUT2D eigenvalue weighted by Crippen LogP contribution is 2.19. The maximum atomic E-state index is 13.5. The van der Waals surface area contributed by atoms with Crippen LogP contribution < -0.4 is 4.90 Å². The molecule has 0 heterocycles. The van der Waals surface area contributed by atoms with Crippen molar-refractivity contribution in [2.45, 2.75) is 13.8 Å². The average Bonchev–Trinajstić information content (AvgIpc) is 2.26. The molecule has 0 aromatic heterocycles. The average molecular weight is 230 g/mol. The number of alkyl halides is 1. The van der Waals surface area contributed by atoms with Crippen molar-refractivity contribution in [2.75, 3.05) is 23.9 Å². The van der Waals surface area contributed by atoms with Gasteiger partial charge in [0, 0.05) is 19.0 Å². The van der Waals surface area contributed by atoms with E-state index in [2.05, 4.69) is 6.92 Å². The summed E-state index contributed by atoms with van der Waals surface area (Å²) in [6, 6.07) is 6.85. The molecule has 1 aromatic carbocycles. The Balaban J connectivity index is 2.78. The number of halogens is 2. The van der Waals surface area contributed by atoms with Gasteiger partial charge in [-0.3, -0.25) is 0 Å². The number of benzene rings is 1. The van der Waals surface area contributed by atoms with E-state index in [-0.39, 0.29) is 5.82 Å². The lowest BCUT2D eigenvalue weighted by Crippen LogP contribution is -2.29. The Morgan fingerprint density at radius 3 is 2.60 bits per heavy atom. The van der Waals surface area contributed by atoms with Crippen LogP contribution in [0.2, 0.25) is 0 Å². The standard InChI is InChI=1S/C12H17ClFN/c1-3-15(9-10(2)8-13)12-7-5-4-6-11(12)14/h4-7,10H,3,8-9H2,1-2H3. The third kappa shape index (κ3) is 3.38. The highest BCUT2D eigenvalue weighted by Gasteiger charge is 2.11. The molecule has 0 amide bonds. The molecule has 1 unspecified atom stereocenters. The summed E-state index contributed by atoms with van der Waals surface area (Å²) < 4.78 is 13.5. The van der Waals surface area contributed by atoms with Crippen LogP contribution in [0.3, 0.4) is 0 Å². The van der Waals surface area contributed by atoms with Gasteiger partial charge in [-0.15, -0.1) is 11.6 Å². The predicted octanol–water partition coefficient (Wildman–Crippen LogP) is 3.53. The zero-order valence-corrected chi connectivity index (χ0v) is 9.97. The lowest BCUT2D eigenvalue weighted by molar-refractivity contribution is 0.589. The van der Waals surface area contributed by atoms with E-state index in [1.165, 1.54) is 6.07 Å². The Bertz CT molecular complexity index is 303. The number of nitrogens with zero attached hydrogens (tertiary/aromatic N) is 1. The van der Waals surface area contributed by atoms with E-state index in [9.17, 15) is 4.39 Å². The molecule has 0 fully saturated rings. The minimum atomic E-state index is -0.166. The van der Waals surface area contributed by atoms with Gasteiger partial charge in [-0.25, -0.2) is 4.39 Å². The molecule has 0 N–H and O–H groups in total. The van der Waals surface area contributed by atoms with E-state index in [1.54, 1.807) is 12.1 Å². The smallest absolute Gasteiger partial charge is 0.146 e. The van der Waals surface area contributed by atoms with Crippen molar-refractivity contribution in [1.29, 1.82) is 0 Å². The van der Waals surface area contributed by atoms with Crippen molar-refractivity contribution in [2.24, 2.45) is 5.92 Å². The Morgan fingerprint density at radius 1 is 1.40 bits per heavy atom. The minimum absolute atomic E-state index is 0.166. The lowest BCUT2D eigenvalue weighted by Gasteiger charge is -2.26. The molecule has 1 atom stereocenters. The monoisotopic (exact) mass is 229 g/mol. The van der Waals surface area contributed by atoms with E-state index in [0.29, 0.717) is 17.5 Å². The first-order chi connectivity index (χ1) is 7.19. The molecular formula is C12H17ClFN. The molecule has 0 aliphatic rings. The molecule has 0 bridgehead atoms. The van der Waals surface area contributed by atoms with E-state index >= 15 is 0 Å². The molecule has 0 saturated carbocycles. The molecule has 0 saturated heterocycles. The van der Waals surface area contributed by atoms with Crippen LogP contribution >= 0.6 is 11.6 Å². The number of rotatable bonds is 5. The summed E-state index contributed by atoms with van der Waals surface area (Å²) in [5.74, 6) is 0.803. The summed E-state index contributed by atoms with van der Waals surface area (Å²) in [7, 11) is 0. The first kappa shape index (κ1) is 12.3. The molecule has 0 aliphatic carbocycles. The molecule has 1 aromatic rings. The topological polar surface area (TPSA) is 3.24 Å². The largest absolute Gasteiger partial charge is 0.369 e. The molecule has 1 rings (SSSR count). The van der Waals surface area contributed by atoms with Gasteiger partial charge in [0.25, 0.3) is 0 Å². The fourth-order valence-electron chi connectivity index (χ4n) is 1.53. The molecule has 0 radical (unpaired) electrons. The van der Waals surface area contributed by atoms with Crippen LogP contribution in [-0.4, -0.2) is 19.0 Å². The van der Waals surface area contributed by atoms with Gasteiger partial charge in [-0.1, -0.05) is 19.1 Å². The molecule has 3 heteroatoms. The molecule has 15 heavy (non-hydrogen) atoms. The Kier molecular flexibility index (Phi) is 4.89. The van der Waals surface area contributed by atoms with E-state index in [1.807, 2.05) is 17.9 Å². The third-order valence-electron chi connectivity index (χ3n) is 2.37. The van der Waals surface area contributed by atoms with Gasteiger partial charge in [0.2, 0.25) is 0 Å². The fourth-order valence-corrected chi connectivity index (χ4v) is 1.63. The quantitative estimate of drug-likeness (QED) is 0.699. The summed E-state index contributed by atoms with van der Waals surface area (Å²) in [6.07, 6.45) is 0. The first-order valence-corrected chi connectivity index (χ1v) is 5.78. The second-order valence-electron chi connectivity index (χ2n) is 3.75. The second kappa shape index (κ2) is 5.96. The predicted molar refractivity (Wildman–Crippen MR) is 64.2 cm³/mol. The van der Waals surface area contributed by atoms with Crippen molar-refractivity contribution in [3.05, 3.63) is 30.1 Å². The Morgan fingerprint density at radius 2 is 2.07 bits per heavy atom. The summed E-state index contributed by atoms with van der Waals surface area (Å²) in [4.78, 5) is 2.02. The third-order valence-corrected chi connectivity index (χ3v) is 2.90. The number of hydrogen-bond acceptors (Lipinski definition) is 1. The zero-order valence-electron chi connectivity index (χ0n) is 9.21. The summed E-state index contributed by atoms with van der Waals surface area (Å²) in [6.45, 7) is 5.67. The van der Waals surface area contributed by atoms with Gasteiger partial charge < -0.3 is 4.90 Å². The van der Waals surface area contributed by atoms with Gasteiger partial charge in [0.1, 0.15) is 5.82 Å². The van der Waals surface area contributed by atoms with Crippen LogP contribution in [0.1, 0.15) is 13.8 Å². The van der Waals surface area contributed by atoms with Crippen molar-refractivity contribution in [1.82, 2.24) is 0 Å². The molecule has 0 spiro atoms. The van der Waals surface area contributed by atoms with Crippen LogP contribution in [0, 0.1) is 11.7 Å². The van der Waals surface area contributed by atoms with Crippen molar-refractivity contribution in [3.63, 3.8) is 0 Å². The maximum absolute atomic E-state index is 13.5. The van der Waals surface area contributed by atoms with Gasteiger partial charge >= 0.3 is 0 Å². The van der Waals surface area contributed by atoms with Crippen LogP contribution in [0.15, 0.2) is 24.3 Å². The van der Waals surface area contributed by atoms with E-state index in [4.69, 9.17) is 11.6 Å². The molecule has 1 nitrogen and oxygen atoms in total. The van der Waals surface area contributed by atoms with Gasteiger partial charge in [0.15, 0.2) is 0 Å². The highest BCUT2D eigenvalue weighted by atomic mass is 35.5. The van der Waals surface area contributed by atoms with Crippen LogP contribution in [0.25, 0.3) is 0 Å². The molecular weight excluding hydrogens is 213 g/mol. The summed E-state index contributed by atoms with van der Waals surface area (Å²) >= 11 is 5.76. The van der Waals surface area contributed by atoms with Crippen LogP contribution in [0.5, 0.6) is 0 Å². The minimum Gasteiger partial charge on any atom is -0.369 e. The van der Waals surface area contributed by atoms with Crippen molar-refractivity contribution in [3.8, 4) is 0 Å². The Hall–Kier alpha value is -0.760. The number of anilines is 1. The van der Waals surface area contributed by atoms with E-state index in [0.717, 1.165) is 13.1 Å². The highest BCUT2D eigenvalue weighted by molar-refractivity contribution is 6.18. The number of para-hydroxylation sites is 1. The molecule has 0 aliphatic heterocycles. The molecule has 84 valence electrons. The van der Waals surface area contributed by atoms with Gasteiger partial charge in [-0.05, 0) is 25.0 Å².